The van der Waals surface area contributed by atoms with Crippen molar-refractivity contribution in [3.63, 3.8) is 0 Å². The third-order valence-electron chi connectivity index (χ3n) is 5.03. The fourth-order valence-corrected chi connectivity index (χ4v) is 4.04. The Morgan fingerprint density at radius 3 is 2.36 bits per heavy atom. The molecule has 1 heterocycles. The molecule has 0 radical (unpaired) electrons. The molecule has 0 spiro atoms. The minimum absolute atomic E-state index is 0.133. The smallest absolute Gasteiger partial charge is 0.257 e. The van der Waals surface area contributed by atoms with Crippen LogP contribution in [0.2, 0.25) is 0 Å². The molecule has 0 unspecified atom stereocenters. The van der Waals surface area contributed by atoms with Crippen LogP contribution in [0.5, 0.6) is 0 Å². The van der Waals surface area contributed by atoms with Crippen molar-refractivity contribution >= 4 is 35.0 Å². The highest BCUT2D eigenvalue weighted by molar-refractivity contribution is 7.99. The first-order chi connectivity index (χ1) is 16.0. The summed E-state index contributed by atoms with van der Waals surface area (Å²) in [6.07, 6.45) is 0. The van der Waals surface area contributed by atoms with Crippen molar-refractivity contribution in [3.8, 4) is 11.4 Å². The van der Waals surface area contributed by atoms with Crippen LogP contribution in [0.4, 0.5) is 11.4 Å². The molecule has 0 bridgehead atoms. The van der Waals surface area contributed by atoms with Crippen LogP contribution in [0.25, 0.3) is 11.4 Å². The Bertz CT molecular complexity index is 1290. The van der Waals surface area contributed by atoms with Gasteiger partial charge in [-0.2, -0.15) is 0 Å². The molecule has 7 nitrogen and oxygen atoms in total. The van der Waals surface area contributed by atoms with E-state index in [1.807, 2.05) is 73.1 Å². The molecule has 8 heteroatoms. The fourth-order valence-electron chi connectivity index (χ4n) is 3.33. The van der Waals surface area contributed by atoms with E-state index < -0.39 is 0 Å². The van der Waals surface area contributed by atoms with Gasteiger partial charge in [0, 0.05) is 18.3 Å². The number of hydrogen-bond acceptors (Lipinski definition) is 5. The number of thioether (sulfide) groups is 1. The normalized spacial score (nSPS) is 10.6. The van der Waals surface area contributed by atoms with Crippen LogP contribution in [-0.2, 0) is 11.8 Å². The van der Waals surface area contributed by atoms with Crippen molar-refractivity contribution < 1.29 is 9.59 Å². The van der Waals surface area contributed by atoms with Crippen molar-refractivity contribution in [1.82, 2.24) is 14.8 Å². The van der Waals surface area contributed by atoms with E-state index in [1.165, 1.54) is 11.8 Å². The molecule has 0 aliphatic rings. The average molecular weight is 458 g/mol. The Morgan fingerprint density at radius 2 is 1.58 bits per heavy atom. The monoisotopic (exact) mass is 457 g/mol. The number of nitrogens with zero attached hydrogens (tertiary/aromatic N) is 3. The number of amides is 2. The maximum atomic E-state index is 12.7. The average Bonchev–Trinajstić information content (AvgIpc) is 3.19. The van der Waals surface area contributed by atoms with Gasteiger partial charge in [-0.25, -0.2) is 0 Å². The van der Waals surface area contributed by atoms with E-state index >= 15 is 0 Å². The highest BCUT2D eigenvalue weighted by atomic mass is 32.2. The second-order valence-corrected chi connectivity index (χ2v) is 8.33. The lowest BCUT2D eigenvalue weighted by atomic mass is 10.1. The molecule has 166 valence electrons. The predicted molar refractivity (Wildman–Crippen MR) is 131 cm³/mol. The molecule has 1 aromatic heterocycles. The zero-order valence-electron chi connectivity index (χ0n) is 18.3. The van der Waals surface area contributed by atoms with Crippen LogP contribution < -0.4 is 10.6 Å². The lowest BCUT2D eigenvalue weighted by Gasteiger charge is -2.11. The Labute approximate surface area is 196 Å². The molecule has 2 amide bonds. The molecule has 0 atom stereocenters. The summed E-state index contributed by atoms with van der Waals surface area (Å²) in [7, 11) is 1.88. The number of carbonyl (C=O) groups is 2. The molecule has 2 N–H and O–H groups in total. The number of rotatable bonds is 7. The Kier molecular flexibility index (Phi) is 6.85. The molecule has 33 heavy (non-hydrogen) atoms. The number of anilines is 2. The number of aryl methyl sites for hydroxylation is 1. The summed E-state index contributed by atoms with van der Waals surface area (Å²) in [5, 5.41) is 14.8. The number of carbonyl (C=O) groups excluding carboxylic acids is 2. The zero-order valence-corrected chi connectivity index (χ0v) is 19.1. The SMILES string of the molecule is Cc1ccccc1-c1nnc(SCC(=O)Nc2ccccc2C(=O)Nc2ccccc2)n1C. The van der Waals surface area contributed by atoms with E-state index in [9.17, 15) is 9.59 Å². The van der Waals surface area contributed by atoms with E-state index in [4.69, 9.17) is 0 Å². The maximum absolute atomic E-state index is 12.7. The van der Waals surface area contributed by atoms with Gasteiger partial charge in [0.1, 0.15) is 0 Å². The van der Waals surface area contributed by atoms with E-state index in [0.29, 0.717) is 22.1 Å². The second kappa shape index (κ2) is 10.1. The first-order valence-electron chi connectivity index (χ1n) is 10.4. The Hall–Kier alpha value is -3.91. The maximum Gasteiger partial charge on any atom is 0.257 e. The Balaban J connectivity index is 1.41. The van der Waals surface area contributed by atoms with Gasteiger partial charge in [-0.05, 0) is 36.8 Å². The highest BCUT2D eigenvalue weighted by Crippen LogP contribution is 2.25. The van der Waals surface area contributed by atoms with Crippen molar-refractivity contribution in [1.29, 1.82) is 0 Å². The first kappa shape index (κ1) is 22.3. The highest BCUT2D eigenvalue weighted by Gasteiger charge is 2.16. The number of aromatic nitrogens is 3. The second-order valence-electron chi connectivity index (χ2n) is 7.38. The van der Waals surface area contributed by atoms with Crippen LogP contribution in [0.1, 0.15) is 15.9 Å². The number of hydrogen-bond donors (Lipinski definition) is 2. The molecular formula is C25H23N5O2S. The quantitative estimate of drug-likeness (QED) is 0.390. The third kappa shape index (κ3) is 5.30. The van der Waals surface area contributed by atoms with Crippen LogP contribution in [0.15, 0.2) is 84.0 Å². The first-order valence-corrected chi connectivity index (χ1v) is 11.3. The predicted octanol–water partition coefficient (Wildman–Crippen LogP) is 4.77. The topological polar surface area (TPSA) is 88.9 Å². The van der Waals surface area contributed by atoms with Gasteiger partial charge in [0.25, 0.3) is 5.91 Å². The third-order valence-corrected chi connectivity index (χ3v) is 6.05. The summed E-state index contributed by atoms with van der Waals surface area (Å²) in [4.78, 5) is 25.4. The summed E-state index contributed by atoms with van der Waals surface area (Å²) < 4.78 is 1.88. The van der Waals surface area contributed by atoms with Gasteiger partial charge in [-0.15, -0.1) is 10.2 Å². The molecule has 0 aliphatic heterocycles. The summed E-state index contributed by atoms with van der Waals surface area (Å²) in [6.45, 7) is 2.02. The van der Waals surface area contributed by atoms with Crippen LogP contribution in [0, 0.1) is 6.92 Å². The van der Waals surface area contributed by atoms with Gasteiger partial charge in [0.05, 0.1) is 17.0 Å². The largest absolute Gasteiger partial charge is 0.325 e. The Morgan fingerprint density at radius 1 is 0.879 bits per heavy atom. The van der Waals surface area contributed by atoms with Gasteiger partial charge in [-0.1, -0.05) is 66.4 Å². The number of nitrogens with one attached hydrogen (secondary N) is 2. The van der Waals surface area contributed by atoms with Crippen LogP contribution >= 0.6 is 11.8 Å². The zero-order chi connectivity index (χ0) is 23.2. The van der Waals surface area contributed by atoms with Gasteiger partial charge in [0.15, 0.2) is 11.0 Å². The molecule has 0 aliphatic carbocycles. The van der Waals surface area contributed by atoms with Gasteiger partial charge in [-0.3, -0.25) is 9.59 Å². The summed E-state index contributed by atoms with van der Waals surface area (Å²) in [6, 6.07) is 24.1. The number of para-hydroxylation sites is 2. The lowest BCUT2D eigenvalue weighted by Crippen LogP contribution is -2.19. The van der Waals surface area contributed by atoms with E-state index in [2.05, 4.69) is 20.8 Å². The summed E-state index contributed by atoms with van der Waals surface area (Å²) >= 11 is 1.29. The van der Waals surface area contributed by atoms with Crippen molar-refractivity contribution in [2.24, 2.45) is 7.05 Å². The van der Waals surface area contributed by atoms with Gasteiger partial charge in [0.2, 0.25) is 5.91 Å². The van der Waals surface area contributed by atoms with E-state index in [0.717, 1.165) is 17.0 Å². The lowest BCUT2D eigenvalue weighted by molar-refractivity contribution is -0.113. The minimum atomic E-state index is -0.291. The van der Waals surface area contributed by atoms with Gasteiger partial charge < -0.3 is 15.2 Å². The summed E-state index contributed by atoms with van der Waals surface area (Å²) in [5.41, 5.74) is 3.64. The molecule has 0 saturated heterocycles. The van der Waals surface area contributed by atoms with Crippen molar-refractivity contribution in [3.05, 3.63) is 90.0 Å². The fraction of sp³-hybridized carbons (Fsp3) is 0.120. The molecule has 3 aromatic carbocycles. The summed E-state index contributed by atoms with van der Waals surface area (Å²) in [5.74, 6) is 0.356. The van der Waals surface area contributed by atoms with E-state index in [-0.39, 0.29) is 17.6 Å². The van der Waals surface area contributed by atoms with E-state index in [1.54, 1.807) is 24.3 Å². The molecular weight excluding hydrogens is 434 g/mol. The van der Waals surface area contributed by atoms with Crippen LogP contribution in [0.3, 0.4) is 0 Å². The molecule has 0 fully saturated rings. The van der Waals surface area contributed by atoms with Crippen LogP contribution in [-0.4, -0.2) is 32.3 Å². The molecule has 0 saturated carbocycles. The standard InChI is InChI=1S/C25H23N5O2S/c1-17-10-6-7-13-19(17)23-28-29-25(30(23)2)33-16-22(31)27-21-15-9-8-14-20(21)24(32)26-18-11-4-3-5-12-18/h3-15H,16H2,1-2H3,(H,26,32)(H,27,31). The van der Waals surface area contributed by atoms with Crippen molar-refractivity contribution in [2.45, 2.75) is 12.1 Å². The molecule has 4 rings (SSSR count). The number of benzene rings is 3. The minimum Gasteiger partial charge on any atom is -0.325 e. The molecule has 4 aromatic rings. The van der Waals surface area contributed by atoms with Gasteiger partial charge >= 0.3 is 0 Å². The van der Waals surface area contributed by atoms with Crippen molar-refractivity contribution in [2.75, 3.05) is 16.4 Å².